The quantitative estimate of drug-likeness (QED) is 0.224. The highest BCUT2D eigenvalue weighted by atomic mass is 16.6. The number of hydrogen-bond acceptors (Lipinski definition) is 4. The Bertz CT molecular complexity index is 1380. The van der Waals surface area contributed by atoms with Gasteiger partial charge in [-0.2, -0.15) is 0 Å². The molecule has 0 N–H and O–H groups in total. The molecule has 3 aliphatic rings. The molecule has 3 aliphatic carbocycles. The van der Waals surface area contributed by atoms with E-state index in [0.717, 1.165) is 32.1 Å². The van der Waals surface area contributed by atoms with E-state index in [9.17, 15) is 9.59 Å². The minimum atomic E-state index is -0.528. The van der Waals surface area contributed by atoms with Gasteiger partial charge in [0.2, 0.25) is 0 Å². The van der Waals surface area contributed by atoms with Crippen molar-refractivity contribution < 1.29 is 19.1 Å². The van der Waals surface area contributed by atoms with Gasteiger partial charge in [0, 0.05) is 11.8 Å². The molecule has 3 saturated carbocycles. The van der Waals surface area contributed by atoms with E-state index in [-0.39, 0.29) is 29.2 Å². The van der Waals surface area contributed by atoms with Gasteiger partial charge in [-0.1, -0.05) is 97.1 Å². The SMILES string of the molecule is O=C(OC1C2CCC(C1OC(=O)c1ccccc1)C(Cc1ccccc1)(Cc1ccccc1)C2)c1ccccc1. The van der Waals surface area contributed by atoms with E-state index < -0.39 is 12.2 Å². The third-order valence-corrected chi connectivity index (χ3v) is 8.79. The summed E-state index contributed by atoms with van der Waals surface area (Å²) in [6, 6.07) is 39.4. The molecule has 3 fully saturated rings. The van der Waals surface area contributed by atoms with E-state index in [1.54, 1.807) is 24.3 Å². The summed E-state index contributed by atoms with van der Waals surface area (Å²) >= 11 is 0. The molecule has 0 spiro atoms. The van der Waals surface area contributed by atoms with Gasteiger partial charge < -0.3 is 9.47 Å². The number of esters is 2. The molecule has 40 heavy (non-hydrogen) atoms. The fourth-order valence-corrected chi connectivity index (χ4v) is 7.08. The van der Waals surface area contributed by atoms with Gasteiger partial charge in [-0.3, -0.25) is 0 Å². The predicted octanol–water partition coefficient (Wildman–Crippen LogP) is 7.34. The topological polar surface area (TPSA) is 52.6 Å². The van der Waals surface area contributed by atoms with Crippen LogP contribution in [0.25, 0.3) is 0 Å². The molecule has 4 atom stereocenters. The Labute approximate surface area is 236 Å². The lowest BCUT2D eigenvalue weighted by Gasteiger charge is -2.57. The Hall–Kier alpha value is -4.18. The summed E-state index contributed by atoms with van der Waals surface area (Å²) in [7, 11) is 0. The van der Waals surface area contributed by atoms with Crippen LogP contribution in [-0.4, -0.2) is 24.1 Å². The molecule has 0 heterocycles. The first-order valence-electron chi connectivity index (χ1n) is 14.2. The average molecular weight is 531 g/mol. The number of ether oxygens (including phenoxy) is 2. The van der Waals surface area contributed by atoms with Crippen molar-refractivity contribution >= 4 is 11.9 Å². The van der Waals surface area contributed by atoms with Crippen molar-refractivity contribution in [3.8, 4) is 0 Å². The van der Waals surface area contributed by atoms with E-state index in [4.69, 9.17) is 9.47 Å². The van der Waals surface area contributed by atoms with Crippen LogP contribution in [0.3, 0.4) is 0 Å². The summed E-state index contributed by atoms with van der Waals surface area (Å²) in [5, 5.41) is 0. The average Bonchev–Trinajstić information content (AvgIpc) is 3.00. The predicted molar refractivity (Wildman–Crippen MR) is 155 cm³/mol. The van der Waals surface area contributed by atoms with Crippen LogP contribution in [0, 0.1) is 17.3 Å². The van der Waals surface area contributed by atoms with Gasteiger partial charge in [0.05, 0.1) is 11.1 Å². The highest BCUT2D eigenvalue weighted by Crippen LogP contribution is 2.57. The minimum absolute atomic E-state index is 0.0409. The molecule has 4 aromatic rings. The summed E-state index contributed by atoms with van der Waals surface area (Å²) in [4.78, 5) is 26.7. The second kappa shape index (κ2) is 11.5. The first-order chi connectivity index (χ1) is 19.6. The molecular formula is C36H34O4. The van der Waals surface area contributed by atoms with Gasteiger partial charge >= 0.3 is 11.9 Å². The van der Waals surface area contributed by atoms with Crippen molar-refractivity contribution in [2.45, 2.75) is 44.3 Å². The third kappa shape index (κ3) is 5.44. The second-order valence-corrected chi connectivity index (χ2v) is 11.3. The molecule has 202 valence electrons. The van der Waals surface area contributed by atoms with Crippen LogP contribution in [0.1, 0.15) is 51.1 Å². The number of rotatable bonds is 8. The van der Waals surface area contributed by atoms with Gasteiger partial charge in [-0.15, -0.1) is 0 Å². The largest absolute Gasteiger partial charge is 0.455 e. The summed E-state index contributed by atoms with van der Waals surface area (Å²) < 4.78 is 12.6. The van der Waals surface area contributed by atoms with Crippen LogP contribution in [0.5, 0.6) is 0 Å². The molecule has 4 nitrogen and oxygen atoms in total. The lowest BCUT2D eigenvalue weighted by molar-refractivity contribution is -0.172. The van der Waals surface area contributed by atoms with Crippen LogP contribution in [0.4, 0.5) is 0 Å². The maximum Gasteiger partial charge on any atom is 0.338 e. The minimum Gasteiger partial charge on any atom is -0.455 e. The van der Waals surface area contributed by atoms with Crippen molar-refractivity contribution in [1.29, 1.82) is 0 Å². The van der Waals surface area contributed by atoms with Crippen molar-refractivity contribution in [2.75, 3.05) is 0 Å². The molecule has 2 bridgehead atoms. The molecular weight excluding hydrogens is 496 g/mol. The molecule has 4 aromatic carbocycles. The highest BCUT2D eigenvalue weighted by molar-refractivity contribution is 5.90. The third-order valence-electron chi connectivity index (χ3n) is 8.79. The van der Waals surface area contributed by atoms with Crippen LogP contribution >= 0.6 is 0 Å². The van der Waals surface area contributed by atoms with Gasteiger partial charge in [0.15, 0.2) is 0 Å². The Morgan fingerprint density at radius 1 is 0.575 bits per heavy atom. The van der Waals surface area contributed by atoms with Crippen molar-refractivity contribution in [1.82, 2.24) is 0 Å². The molecule has 0 amide bonds. The fourth-order valence-electron chi connectivity index (χ4n) is 7.08. The van der Waals surface area contributed by atoms with E-state index in [1.165, 1.54) is 11.1 Å². The first kappa shape index (κ1) is 26.1. The van der Waals surface area contributed by atoms with Gasteiger partial charge in [0.1, 0.15) is 12.2 Å². The van der Waals surface area contributed by atoms with Gasteiger partial charge in [-0.05, 0) is 72.9 Å². The summed E-state index contributed by atoms with van der Waals surface area (Å²) in [6.07, 6.45) is 3.52. The van der Waals surface area contributed by atoms with Gasteiger partial charge in [-0.25, -0.2) is 9.59 Å². The highest BCUT2D eigenvalue weighted by Gasteiger charge is 2.59. The normalized spacial score (nSPS) is 22.8. The number of benzene rings is 4. The molecule has 0 aliphatic heterocycles. The standard InChI is InChI=1S/C36H34O4/c37-34(28-17-9-3-10-18-28)39-32-30-21-22-31(33(32)40-35(38)29-19-11-4-12-20-29)36(25-30,23-26-13-5-1-6-14-26)24-27-15-7-2-8-16-27/h1-20,30-33H,21-25H2. The Morgan fingerprint density at radius 2 is 1.00 bits per heavy atom. The van der Waals surface area contributed by atoms with Crippen molar-refractivity contribution in [3.05, 3.63) is 144 Å². The maximum absolute atomic E-state index is 13.5. The molecule has 0 aromatic heterocycles. The molecule has 0 radical (unpaired) electrons. The number of hydrogen-bond donors (Lipinski definition) is 0. The summed E-state index contributed by atoms with van der Waals surface area (Å²) in [5.74, 6) is -0.597. The smallest absolute Gasteiger partial charge is 0.338 e. The van der Waals surface area contributed by atoms with Crippen LogP contribution in [-0.2, 0) is 22.3 Å². The van der Waals surface area contributed by atoms with E-state index in [1.807, 2.05) is 48.5 Å². The lowest BCUT2D eigenvalue weighted by Crippen LogP contribution is -2.61. The Kier molecular flexibility index (Phi) is 7.50. The second-order valence-electron chi connectivity index (χ2n) is 11.3. The summed E-state index contributed by atoms with van der Waals surface area (Å²) in [5.41, 5.74) is 3.43. The van der Waals surface area contributed by atoms with Crippen LogP contribution in [0.15, 0.2) is 121 Å². The van der Waals surface area contributed by atoms with Crippen molar-refractivity contribution in [3.63, 3.8) is 0 Å². The zero-order chi connectivity index (χ0) is 27.4. The molecule has 4 unspecified atom stereocenters. The number of carbonyl (C=O) groups is 2. The number of fused-ring (bicyclic) bond motifs is 3. The fraction of sp³-hybridized carbons (Fsp3) is 0.278. The number of carbonyl (C=O) groups excluding carboxylic acids is 2. The Morgan fingerprint density at radius 3 is 1.48 bits per heavy atom. The first-order valence-corrected chi connectivity index (χ1v) is 14.2. The van der Waals surface area contributed by atoms with Gasteiger partial charge in [0.25, 0.3) is 0 Å². The monoisotopic (exact) mass is 530 g/mol. The summed E-state index contributed by atoms with van der Waals surface area (Å²) in [6.45, 7) is 0. The van der Waals surface area contributed by atoms with Crippen LogP contribution in [0.2, 0.25) is 0 Å². The zero-order valence-electron chi connectivity index (χ0n) is 22.5. The molecule has 7 rings (SSSR count). The molecule has 0 saturated heterocycles. The Balaban J connectivity index is 1.38. The zero-order valence-corrected chi connectivity index (χ0v) is 22.5. The van der Waals surface area contributed by atoms with E-state index in [0.29, 0.717) is 11.1 Å². The van der Waals surface area contributed by atoms with Crippen molar-refractivity contribution in [2.24, 2.45) is 17.3 Å². The maximum atomic E-state index is 13.5. The van der Waals surface area contributed by atoms with Crippen LogP contribution < -0.4 is 0 Å². The van der Waals surface area contributed by atoms with E-state index >= 15 is 0 Å². The molecule has 4 heteroatoms. The lowest BCUT2D eigenvalue weighted by atomic mass is 9.50. The van der Waals surface area contributed by atoms with E-state index in [2.05, 4.69) is 48.5 Å².